The standard InChI is InChI=1S/C16H21BrN4O/c1-21(2)16(5-7-22-8-6-16)10-18-15-13-9-12(17)3-4-14(13)19-11-20-15/h3-4,9,11H,5-8,10H2,1-2H3,(H,18,19,20). The van der Waals surface area contributed by atoms with Gasteiger partial charge in [0.2, 0.25) is 0 Å². The van der Waals surface area contributed by atoms with E-state index in [9.17, 15) is 0 Å². The predicted molar refractivity (Wildman–Crippen MR) is 92.2 cm³/mol. The Hall–Kier alpha value is -1.24. The summed E-state index contributed by atoms with van der Waals surface area (Å²) in [5.74, 6) is 0.888. The van der Waals surface area contributed by atoms with Crippen LogP contribution in [0, 0.1) is 0 Å². The van der Waals surface area contributed by atoms with E-state index < -0.39 is 0 Å². The van der Waals surface area contributed by atoms with Crippen LogP contribution >= 0.6 is 15.9 Å². The summed E-state index contributed by atoms with van der Waals surface area (Å²) in [4.78, 5) is 11.1. The number of halogens is 1. The fourth-order valence-corrected chi connectivity index (χ4v) is 3.31. The van der Waals surface area contributed by atoms with E-state index in [2.05, 4.69) is 56.3 Å². The lowest BCUT2D eigenvalue weighted by molar-refractivity contribution is -0.000651. The Kier molecular flexibility index (Phi) is 4.61. The van der Waals surface area contributed by atoms with Crippen LogP contribution < -0.4 is 5.32 Å². The summed E-state index contributed by atoms with van der Waals surface area (Å²) in [7, 11) is 4.28. The van der Waals surface area contributed by atoms with Gasteiger partial charge in [-0.05, 0) is 45.1 Å². The average molecular weight is 365 g/mol. The number of aromatic nitrogens is 2. The van der Waals surface area contributed by atoms with Crippen molar-refractivity contribution in [2.75, 3.05) is 39.2 Å². The second-order valence-electron chi connectivity index (χ2n) is 5.97. The van der Waals surface area contributed by atoms with E-state index in [4.69, 9.17) is 4.74 Å². The zero-order valence-electron chi connectivity index (χ0n) is 13.0. The summed E-state index contributed by atoms with van der Waals surface area (Å²) >= 11 is 3.52. The fourth-order valence-electron chi connectivity index (χ4n) is 2.95. The first kappa shape index (κ1) is 15.6. The molecule has 0 bridgehead atoms. The minimum Gasteiger partial charge on any atom is -0.381 e. The van der Waals surface area contributed by atoms with Gasteiger partial charge >= 0.3 is 0 Å². The third-order valence-electron chi connectivity index (χ3n) is 4.55. The van der Waals surface area contributed by atoms with Crippen LogP contribution in [0.2, 0.25) is 0 Å². The number of hydrogen-bond acceptors (Lipinski definition) is 5. The van der Waals surface area contributed by atoms with Crippen LogP contribution in [0.1, 0.15) is 12.8 Å². The molecule has 22 heavy (non-hydrogen) atoms. The lowest BCUT2D eigenvalue weighted by Gasteiger charge is -2.43. The SMILES string of the molecule is CN(C)C1(CNc2ncnc3ccc(Br)cc23)CCOCC1. The molecule has 118 valence electrons. The van der Waals surface area contributed by atoms with Gasteiger partial charge in [-0.15, -0.1) is 0 Å². The molecule has 1 aliphatic heterocycles. The first-order chi connectivity index (χ1) is 10.6. The smallest absolute Gasteiger partial charge is 0.137 e. The van der Waals surface area contributed by atoms with E-state index >= 15 is 0 Å². The second-order valence-corrected chi connectivity index (χ2v) is 6.88. The van der Waals surface area contributed by atoms with Gasteiger partial charge in [-0.25, -0.2) is 9.97 Å². The van der Waals surface area contributed by atoms with Gasteiger partial charge in [0.05, 0.1) is 5.52 Å². The van der Waals surface area contributed by atoms with E-state index in [0.717, 1.165) is 53.8 Å². The summed E-state index contributed by atoms with van der Waals surface area (Å²) in [6.07, 6.45) is 3.67. The van der Waals surface area contributed by atoms with Crippen molar-refractivity contribution in [2.45, 2.75) is 18.4 Å². The molecule has 0 spiro atoms. The van der Waals surface area contributed by atoms with Crippen LogP contribution in [0.3, 0.4) is 0 Å². The highest BCUT2D eigenvalue weighted by molar-refractivity contribution is 9.10. The molecule has 1 aliphatic rings. The van der Waals surface area contributed by atoms with Gasteiger partial charge < -0.3 is 15.0 Å². The van der Waals surface area contributed by atoms with E-state index in [1.54, 1.807) is 6.33 Å². The number of hydrogen-bond donors (Lipinski definition) is 1. The zero-order chi connectivity index (χ0) is 15.6. The number of nitrogens with one attached hydrogen (secondary N) is 1. The molecule has 0 unspecified atom stereocenters. The van der Waals surface area contributed by atoms with Crippen molar-refractivity contribution < 1.29 is 4.74 Å². The number of ether oxygens (including phenoxy) is 1. The zero-order valence-corrected chi connectivity index (χ0v) is 14.6. The van der Waals surface area contributed by atoms with E-state index in [0.29, 0.717) is 0 Å². The van der Waals surface area contributed by atoms with Crippen LogP contribution in [-0.4, -0.2) is 54.3 Å². The van der Waals surface area contributed by atoms with Crippen LogP contribution in [-0.2, 0) is 4.74 Å². The molecular weight excluding hydrogens is 344 g/mol. The van der Waals surface area contributed by atoms with Crippen LogP contribution in [0.5, 0.6) is 0 Å². The second kappa shape index (κ2) is 6.48. The Morgan fingerprint density at radius 2 is 2.05 bits per heavy atom. The van der Waals surface area contributed by atoms with Crippen molar-refractivity contribution in [3.8, 4) is 0 Å². The molecule has 0 radical (unpaired) electrons. The van der Waals surface area contributed by atoms with Crippen LogP contribution in [0.4, 0.5) is 5.82 Å². The fraction of sp³-hybridized carbons (Fsp3) is 0.500. The molecule has 3 rings (SSSR count). The minimum absolute atomic E-state index is 0.113. The maximum atomic E-state index is 5.53. The molecule has 1 saturated heterocycles. The molecular formula is C16H21BrN4O. The molecule has 0 aliphatic carbocycles. The van der Waals surface area contributed by atoms with Gasteiger partial charge in [0, 0.05) is 35.2 Å². The lowest BCUT2D eigenvalue weighted by Crippen LogP contribution is -2.53. The maximum absolute atomic E-state index is 5.53. The first-order valence-corrected chi connectivity index (χ1v) is 8.29. The van der Waals surface area contributed by atoms with E-state index in [1.807, 2.05) is 12.1 Å². The highest BCUT2D eigenvalue weighted by Crippen LogP contribution is 2.28. The highest BCUT2D eigenvalue weighted by Gasteiger charge is 2.34. The molecule has 2 heterocycles. The molecule has 0 amide bonds. The van der Waals surface area contributed by atoms with E-state index in [-0.39, 0.29) is 5.54 Å². The molecule has 1 aromatic heterocycles. The Labute approximate surface area is 139 Å². The van der Waals surface area contributed by atoms with Crippen LogP contribution in [0.15, 0.2) is 29.0 Å². The molecule has 5 nitrogen and oxygen atoms in total. The Morgan fingerprint density at radius 1 is 1.27 bits per heavy atom. The molecule has 0 atom stereocenters. The number of fused-ring (bicyclic) bond motifs is 1. The molecule has 1 N–H and O–H groups in total. The Balaban J connectivity index is 1.85. The first-order valence-electron chi connectivity index (χ1n) is 7.50. The highest BCUT2D eigenvalue weighted by atomic mass is 79.9. The topological polar surface area (TPSA) is 50.3 Å². The summed E-state index contributed by atoms with van der Waals surface area (Å²) in [5, 5.41) is 4.58. The summed E-state index contributed by atoms with van der Waals surface area (Å²) in [6.45, 7) is 2.48. The Morgan fingerprint density at radius 3 is 2.77 bits per heavy atom. The third kappa shape index (κ3) is 3.09. The van der Waals surface area contributed by atoms with Crippen molar-refractivity contribution >= 4 is 32.7 Å². The van der Waals surface area contributed by atoms with Crippen molar-refractivity contribution in [3.63, 3.8) is 0 Å². The summed E-state index contributed by atoms with van der Waals surface area (Å²) < 4.78 is 6.56. The minimum atomic E-state index is 0.113. The van der Waals surface area contributed by atoms with Gasteiger partial charge in [-0.3, -0.25) is 0 Å². The van der Waals surface area contributed by atoms with Crippen molar-refractivity contribution in [1.82, 2.24) is 14.9 Å². The summed E-state index contributed by atoms with van der Waals surface area (Å²) in [5.41, 5.74) is 1.06. The monoisotopic (exact) mass is 364 g/mol. The van der Waals surface area contributed by atoms with Gasteiger partial charge in [0.1, 0.15) is 12.1 Å². The van der Waals surface area contributed by atoms with Gasteiger partial charge in [-0.2, -0.15) is 0 Å². The van der Waals surface area contributed by atoms with Crippen molar-refractivity contribution in [3.05, 3.63) is 29.0 Å². The third-order valence-corrected chi connectivity index (χ3v) is 5.05. The predicted octanol–water partition coefficient (Wildman–Crippen LogP) is 2.92. The van der Waals surface area contributed by atoms with Crippen molar-refractivity contribution in [2.24, 2.45) is 0 Å². The number of nitrogens with zero attached hydrogens (tertiary/aromatic N) is 3. The number of likely N-dealkylation sites (N-methyl/N-ethyl adjacent to an activating group) is 1. The van der Waals surface area contributed by atoms with Gasteiger partial charge in [-0.1, -0.05) is 15.9 Å². The van der Waals surface area contributed by atoms with Crippen LogP contribution in [0.25, 0.3) is 10.9 Å². The van der Waals surface area contributed by atoms with Gasteiger partial charge in [0.15, 0.2) is 0 Å². The number of rotatable bonds is 4. The Bertz CT molecular complexity index is 656. The quantitative estimate of drug-likeness (QED) is 0.903. The lowest BCUT2D eigenvalue weighted by atomic mass is 9.88. The van der Waals surface area contributed by atoms with Gasteiger partial charge in [0.25, 0.3) is 0 Å². The molecule has 2 aromatic rings. The van der Waals surface area contributed by atoms with Crippen molar-refractivity contribution in [1.29, 1.82) is 0 Å². The maximum Gasteiger partial charge on any atom is 0.137 e. The molecule has 1 fully saturated rings. The molecule has 1 aromatic carbocycles. The average Bonchev–Trinajstić information content (AvgIpc) is 2.53. The number of anilines is 1. The molecule has 0 saturated carbocycles. The number of benzene rings is 1. The largest absolute Gasteiger partial charge is 0.381 e. The summed E-state index contributed by atoms with van der Waals surface area (Å²) in [6, 6.07) is 6.06. The normalized spacial score (nSPS) is 17.8. The molecule has 6 heteroatoms. The van der Waals surface area contributed by atoms with E-state index in [1.165, 1.54) is 0 Å².